The highest BCUT2D eigenvalue weighted by Gasteiger charge is 2.16. The van der Waals surface area contributed by atoms with Crippen molar-refractivity contribution in [3.8, 4) is 0 Å². The van der Waals surface area contributed by atoms with Gasteiger partial charge in [0.1, 0.15) is 18.4 Å². The van der Waals surface area contributed by atoms with E-state index in [4.69, 9.17) is 9.84 Å². The SMILES string of the molecule is O=C(OCC(O)CO)C1=NC(=Cc2ccc(C=C3C=CC(C=C4C=CC=N4)=N3)[nH]2)C=C1. The van der Waals surface area contributed by atoms with Gasteiger partial charge in [-0.05, 0) is 66.8 Å². The largest absolute Gasteiger partial charge is 0.458 e. The molecule has 0 radical (unpaired) electrons. The molecular formula is C23H20N4O4. The fourth-order valence-corrected chi connectivity index (χ4v) is 2.89. The summed E-state index contributed by atoms with van der Waals surface area (Å²) in [6, 6.07) is 3.83. The fourth-order valence-electron chi connectivity index (χ4n) is 2.89. The van der Waals surface area contributed by atoms with Gasteiger partial charge in [-0.25, -0.2) is 14.8 Å². The quantitative estimate of drug-likeness (QED) is 0.590. The Labute approximate surface area is 178 Å². The van der Waals surface area contributed by atoms with Crippen LogP contribution in [-0.4, -0.2) is 58.1 Å². The Morgan fingerprint density at radius 3 is 2.45 bits per heavy atom. The Bertz CT molecular complexity index is 1140. The summed E-state index contributed by atoms with van der Waals surface area (Å²) in [5.74, 6) is -0.653. The molecule has 4 heterocycles. The van der Waals surface area contributed by atoms with E-state index in [0.29, 0.717) is 5.70 Å². The molecule has 3 N–H and O–H groups in total. The number of allylic oxidation sites excluding steroid dienone is 6. The minimum Gasteiger partial charge on any atom is -0.458 e. The van der Waals surface area contributed by atoms with Crippen molar-refractivity contribution in [2.24, 2.45) is 15.0 Å². The minimum atomic E-state index is -1.10. The molecule has 0 saturated carbocycles. The van der Waals surface area contributed by atoms with Gasteiger partial charge < -0.3 is 19.9 Å². The number of hydrogen-bond donors (Lipinski definition) is 3. The number of aliphatic imine (C=N–C) groups is 3. The highest BCUT2D eigenvalue weighted by molar-refractivity contribution is 6.42. The highest BCUT2D eigenvalue weighted by atomic mass is 16.5. The van der Waals surface area contributed by atoms with E-state index in [9.17, 15) is 9.90 Å². The molecule has 8 nitrogen and oxygen atoms in total. The normalized spacial score (nSPS) is 21.5. The summed E-state index contributed by atoms with van der Waals surface area (Å²) in [5.41, 5.74) is 4.97. The third-order valence-electron chi connectivity index (χ3n) is 4.38. The van der Waals surface area contributed by atoms with E-state index in [0.717, 1.165) is 28.5 Å². The molecule has 156 valence electrons. The maximum atomic E-state index is 11.9. The van der Waals surface area contributed by atoms with Gasteiger partial charge in [-0.2, -0.15) is 0 Å². The molecule has 4 rings (SSSR count). The summed E-state index contributed by atoms with van der Waals surface area (Å²) in [5, 5.41) is 18.0. The minimum absolute atomic E-state index is 0.138. The zero-order chi connectivity index (χ0) is 21.6. The molecule has 8 heteroatoms. The van der Waals surface area contributed by atoms with Crippen molar-refractivity contribution < 1.29 is 19.7 Å². The van der Waals surface area contributed by atoms with Gasteiger partial charge in [0.25, 0.3) is 0 Å². The maximum absolute atomic E-state index is 11.9. The highest BCUT2D eigenvalue weighted by Crippen LogP contribution is 2.18. The molecule has 1 aromatic heterocycles. The standard InChI is InChI=1S/C23H20N4O4/c28-13-21(29)14-31-23(30)22-8-7-20(27-22)12-19-6-5-18(26-19)11-17-4-3-16(25-17)10-15-2-1-9-24-15/h1-12,21,26,28-29H,13-14H2. The first-order chi connectivity index (χ1) is 15.1. The number of ether oxygens (including phenoxy) is 1. The maximum Gasteiger partial charge on any atom is 0.357 e. The molecule has 31 heavy (non-hydrogen) atoms. The van der Waals surface area contributed by atoms with Crippen LogP contribution in [0.25, 0.3) is 12.2 Å². The van der Waals surface area contributed by atoms with Crippen molar-refractivity contribution >= 4 is 35.8 Å². The number of aromatic nitrogens is 1. The van der Waals surface area contributed by atoms with E-state index in [1.54, 1.807) is 24.4 Å². The number of carbonyl (C=O) groups excluding carboxylic acids is 1. The first-order valence-corrected chi connectivity index (χ1v) is 9.63. The topological polar surface area (TPSA) is 120 Å². The average Bonchev–Trinajstić information content (AvgIpc) is 3.56. The van der Waals surface area contributed by atoms with Crippen molar-refractivity contribution in [2.75, 3.05) is 13.2 Å². The number of H-pyrrole nitrogens is 1. The van der Waals surface area contributed by atoms with Crippen LogP contribution in [0, 0.1) is 0 Å². The first kappa shape index (κ1) is 20.4. The monoisotopic (exact) mass is 416 g/mol. The Morgan fingerprint density at radius 2 is 1.74 bits per heavy atom. The summed E-state index contributed by atoms with van der Waals surface area (Å²) in [7, 11) is 0. The molecule has 0 amide bonds. The molecule has 0 bridgehead atoms. The van der Waals surface area contributed by atoms with Gasteiger partial charge in [0, 0.05) is 17.6 Å². The Hall–Kier alpha value is -3.88. The zero-order valence-corrected chi connectivity index (χ0v) is 16.5. The van der Waals surface area contributed by atoms with Crippen LogP contribution in [0.15, 0.2) is 86.7 Å². The number of carbonyl (C=O) groups is 1. The Kier molecular flexibility index (Phi) is 6.11. The zero-order valence-electron chi connectivity index (χ0n) is 16.5. The van der Waals surface area contributed by atoms with Crippen molar-refractivity contribution in [3.05, 3.63) is 83.1 Å². The van der Waals surface area contributed by atoms with Gasteiger partial charge in [0.2, 0.25) is 0 Å². The van der Waals surface area contributed by atoms with Crippen molar-refractivity contribution in [3.63, 3.8) is 0 Å². The van der Waals surface area contributed by atoms with Crippen LogP contribution in [0.5, 0.6) is 0 Å². The predicted molar refractivity (Wildman–Crippen MR) is 120 cm³/mol. The van der Waals surface area contributed by atoms with Crippen LogP contribution in [0.2, 0.25) is 0 Å². The number of hydrogen-bond acceptors (Lipinski definition) is 7. The summed E-state index contributed by atoms with van der Waals surface area (Å²) in [4.78, 5) is 28.2. The number of aliphatic hydroxyl groups is 2. The Morgan fingerprint density at radius 1 is 1.00 bits per heavy atom. The van der Waals surface area contributed by atoms with E-state index < -0.39 is 18.7 Å². The number of nitrogens with zero attached hydrogens (tertiary/aromatic N) is 3. The van der Waals surface area contributed by atoms with E-state index in [-0.39, 0.29) is 12.3 Å². The molecule has 3 aliphatic rings. The molecule has 0 aromatic carbocycles. The van der Waals surface area contributed by atoms with Crippen LogP contribution in [0.3, 0.4) is 0 Å². The second-order valence-electron chi connectivity index (χ2n) is 6.85. The molecular weight excluding hydrogens is 396 g/mol. The Balaban J connectivity index is 1.39. The lowest BCUT2D eigenvalue weighted by molar-refractivity contribution is -0.139. The first-order valence-electron chi connectivity index (χ1n) is 9.63. The van der Waals surface area contributed by atoms with Gasteiger partial charge >= 0.3 is 5.97 Å². The summed E-state index contributed by atoms with van der Waals surface area (Å²) >= 11 is 0. The van der Waals surface area contributed by atoms with Gasteiger partial charge in [-0.15, -0.1) is 0 Å². The molecule has 0 aliphatic carbocycles. The fraction of sp³-hybridized carbons (Fsp3) is 0.130. The molecule has 0 fully saturated rings. The van der Waals surface area contributed by atoms with Crippen molar-refractivity contribution in [1.82, 2.24) is 4.98 Å². The number of nitrogens with one attached hydrogen (secondary N) is 1. The van der Waals surface area contributed by atoms with Crippen LogP contribution in [-0.2, 0) is 9.53 Å². The van der Waals surface area contributed by atoms with Gasteiger partial charge in [0.05, 0.1) is 29.4 Å². The molecule has 0 saturated heterocycles. The molecule has 1 atom stereocenters. The second kappa shape index (κ2) is 9.29. The van der Waals surface area contributed by atoms with Gasteiger partial charge in [-0.1, -0.05) is 0 Å². The number of aliphatic hydroxyl groups excluding tert-OH is 2. The number of rotatable bonds is 7. The summed E-state index contributed by atoms with van der Waals surface area (Å²) in [6.07, 6.45) is 17.2. The van der Waals surface area contributed by atoms with E-state index >= 15 is 0 Å². The molecule has 1 unspecified atom stereocenters. The van der Waals surface area contributed by atoms with Crippen LogP contribution < -0.4 is 0 Å². The smallest absolute Gasteiger partial charge is 0.357 e. The third-order valence-corrected chi connectivity index (χ3v) is 4.38. The van der Waals surface area contributed by atoms with E-state index in [1.165, 1.54) is 0 Å². The summed E-state index contributed by atoms with van der Waals surface area (Å²) in [6.45, 7) is -0.756. The second-order valence-corrected chi connectivity index (χ2v) is 6.85. The van der Waals surface area contributed by atoms with Crippen LogP contribution in [0.1, 0.15) is 11.4 Å². The van der Waals surface area contributed by atoms with Crippen LogP contribution in [0.4, 0.5) is 0 Å². The van der Waals surface area contributed by atoms with Gasteiger partial charge in [-0.3, -0.25) is 4.99 Å². The average molecular weight is 416 g/mol. The van der Waals surface area contributed by atoms with E-state index in [1.807, 2.05) is 48.6 Å². The van der Waals surface area contributed by atoms with Crippen molar-refractivity contribution in [2.45, 2.75) is 6.10 Å². The lowest BCUT2D eigenvalue weighted by Crippen LogP contribution is -2.24. The van der Waals surface area contributed by atoms with Crippen LogP contribution >= 0.6 is 0 Å². The lowest BCUT2D eigenvalue weighted by Gasteiger charge is -2.07. The van der Waals surface area contributed by atoms with Gasteiger partial charge in [0.15, 0.2) is 0 Å². The predicted octanol–water partition coefficient (Wildman–Crippen LogP) is 2.14. The molecule has 1 aromatic rings. The summed E-state index contributed by atoms with van der Waals surface area (Å²) < 4.78 is 4.90. The van der Waals surface area contributed by atoms with E-state index in [2.05, 4.69) is 20.0 Å². The third kappa shape index (κ3) is 5.39. The number of aromatic amines is 1. The van der Waals surface area contributed by atoms with Crippen molar-refractivity contribution in [1.29, 1.82) is 0 Å². The number of esters is 1. The molecule has 0 spiro atoms. The lowest BCUT2D eigenvalue weighted by atomic mass is 10.3. The molecule has 3 aliphatic heterocycles.